The molecule has 0 spiro atoms. The predicted molar refractivity (Wildman–Crippen MR) is 71.1 cm³/mol. The van der Waals surface area contributed by atoms with E-state index in [4.69, 9.17) is 9.47 Å². The lowest BCUT2D eigenvalue weighted by Crippen LogP contribution is -2.30. The van der Waals surface area contributed by atoms with Crippen LogP contribution >= 0.6 is 0 Å². The normalized spacial score (nSPS) is 21.2. The van der Waals surface area contributed by atoms with Crippen LogP contribution in [0.4, 0.5) is 0 Å². The molecule has 1 unspecified atom stereocenters. The predicted octanol–water partition coefficient (Wildman–Crippen LogP) is 3.04. The molecular formula is C15H21NO2. The molecule has 0 bridgehead atoms. The molecule has 0 saturated carbocycles. The van der Waals surface area contributed by atoms with Crippen molar-refractivity contribution in [1.82, 2.24) is 5.32 Å². The standard InChI is InChI=1S/C15H21NO2/c1-10(2)3-4-13-12-8-15-14(17-9-18-15)7-11(12)5-6-16-13/h7-8,10,13,16H,3-6,9H2,1-2H3. The summed E-state index contributed by atoms with van der Waals surface area (Å²) in [6.07, 6.45) is 3.54. The lowest BCUT2D eigenvalue weighted by atomic mass is 9.89. The number of hydrogen-bond donors (Lipinski definition) is 1. The molecule has 0 radical (unpaired) electrons. The Labute approximate surface area is 108 Å². The van der Waals surface area contributed by atoms with Gasteiger partial charge in [-0.2, -0.15) is 0 Å². The van der Waals surface area contributed by atoms with Crippen molar-refractivity contribution in [2.75, 3.05) is 13.3 Å². The maximum Gasteiger partial charge on any atom is 0.231 e. The zero-order chi connectivity index (χ0) is 12.5. The zero-order valence-electron chi connectivity index (χ0n) is 11.2. The van der Waals surface area contributed by atoms with Gasteiger partial charge in [-0.05, 0) is 55.0 Å². The van der Waals surface area contributed by atoms with Crippen molar-refractivity contribution < 1.29 is 9.47 Å². The quantitative estimate of drug-likeness (QED) is 0.890. The van der Waals surface area contributed by atoms with E-state index in [1.165, 1.54) is 24.0 Å². The Morgan fingerprint density at radius 3 is 2.83 bits per heavy atom. The molecule has 0 saturated heterocycles. The Kier molecular flexibility index (Phi) is 3.16. The van der Waals surface area contributed by atoms with Gasteiger partial charge in [-0.3, -0.25) is 0 Å². The van der Waals surface area contributed by atoms with Crippen molar-refractivity contribution in [3.8, 4) is 11.5 Å². The van der Waals surface area contributed by atoms with Gasteiger partial charge in [0.05, 0.1) is 0 Å². The number of hydrogen-bond acceptors (Lipinski definition) is 3. The lowest BCUT2D eigenvalue weighted by molar-refractivity contribution is 0.174. The van der Waals surface area contributed by atoms with E-state index in [2.05, 4.69) is 31.3 Å². The van der Waals surface area contributed by atoms with E-state index < -0.39 is 0 Å². The molecule has 1 aromatic rings. The maximum atomic E-state index is 5.49. The van der Waals surface area contributed by atoms with Crippen LogP contribution in [0.15, 0.2) is 12.1 Å². The molecule has 1 atom stereocenters. The van der Waals surface area contributed by atoms with Crippen molar-refractivity contribution >= 4 is 0 Å². The van der Waals surface area contributed by atoms with Crippen molar-refractivity contribution in [1.29, 1.82) is 0 Å². The van der Waals surface area contributed by atoms with Crippen LogP contribution in [0.3, 0.4) is 0 Å². The molecule has 0 aliphatic carbocycles. The monoisotopic (exact) mass is 247 g/mol. The van der Waals surface area contributed by atoms with Gasteiger partial charge in [0, 0.05) is 6.04 Å². The van der Waals surface area contributed by atoms with Crippen LogP contribution in [0, 0.1) is 5.92 Å². The minimum atomic E-state index is 0.363. The Hall–Kier alpha value is -1.22. The average Bonchev–Trinajstić information content (AvgIpc) is 2.80. The third-order valence-electron chi connectivity index (χ3n) is 3.83. The average molecular weight is 247 g/mol. The zero-order valence-corrected chi connectivity index (χ0v) is 11.2. The van der Waals surface area contributed by atoms with Gasteiger partial charge in [-0.15, -0.1) is 0 Å². The molecule has 1 aromatic carbocycles. The first-order valence-electron chi connectivity index (χ1n) is 6.90. The fourth-order valence-corrected chi connectivity index (χ4v) is 2.79. The van der Waals surface area contributed by atoms with Crippen LogP contribution in [0.2, 0.25) is 0 Å². The van der Waals surface area contributed by atoms with Gasteiger partial charge >= 0.3 is 0 Å². The summed E-state index contributed by atoms with van der Waals surface area (Å²) >= 11 is 0. The van der Waals surface area contributed by atoms with Gasteiger partial charge in [0.1, 0.15) is 0 Å². The van der Waals surface area contributed by atoms with Gasteiger partial charge < -0.3 is 14.8 Å². The second kappa shape index (κ2) is 4.81. The van der Waals surface area contributed by atoms with E-state index in [9.17, 15) is 0 Å². The summed E-state index contributed by atoms with van der Waals surface area (Å²) in [5.74, 6) is 2.58. The summed E-state index contributed by atoms with van der Waals surface area (Å²) in [6.45, 7) is 5.99. The SMILES string of the molecule is CC(C)CCC1NCCc2cc3c(cc21)OCO3. The number of nitrogens with one attached hydrogen (secondary N) is 1. The number of benzene rings is 1. The van der Waals surface area contributed by atoms with Gasteiger partial charge in [-0.1, -0.05) is 13.8 Å². The van der Waals surface area contributed by atoms with E-state index in [1.54, 1.807) is 0 Å². The van der Waals surface area contributed by atoms with Crippen LogP contribution in [-0.4, -0.2) is 13.3 Å². The highest BCUT2D eigenvalue weighted by atomic mass is 16.7. The van der Waals surface area contributed by atoms with Gasteiger partial charge in [0.25, 0.3) is 0 Å². The Balaban J connectivity index is 1.85. The second-order valence-corrected chi connectivity index (χ2v) is 5.63. The topological polar surface area (TPSA) is 30.5 Å². The van der Waals surface area contributed by atoms with Gasteiger partial charge in [0.15, 0.2) is 11.5 Å². The van der Waals surface area contributed by atoms with E-state index in [1.807, 2.05) is 0 Å². The molecular weight excluding hydrogens is 226 g/mol. The van der Waals surface area contributed by atoms with Gasteiger partial charge in [0.2, 0.25) is 6.79 Å². The lowest BCUT2D eigenvalue weighted by Gasteiger charge is -2.27. The first-order valence-corrected chi connectivity index (χ1v) is 6.90. The highest BCUT2D eigenvalue weighted by Crippen LogP contribution is 2.39. The number of rotatable bonds is 3. The van der Waals surface area contributed by atoms with Crippen molar-refractivity contribution in [2.45, 2.75) is 39.2 Å². The van der Waals surface area contributed by atoms with Crippen molar-refractivity contribution in [3.05, 3.63) is 23.3 Å². The molecule has 2 heterocycles. The fourth-order valence-electron chi connectivity index (χ4n) is 2.79. The minimum Gasteiger partial charge on any atom is -0.454 e. The summed E-state index contributed by atoms with van der Waals surface area (Å²) in [6, 6.07) is 4.82. The minimum absolute atomic E-state index is 0.363. The second-order valence-electron chi connectivity index (χ2n) is 5.63. The summed E-state index contributed by atoms with van der Waals surface area (Å²) in [5, 5.41) is 3.63. The molecule has 3 nitrogen and oxygen atoms in total. The molecule has 1 N–H and O–H groups in total. The molecule has 0 fully saturated rings. The first kappa shape index (κ1) is 11.8. The van der Waals surface area contributed by atoms with Gasteiger partial charge in [-0.25, -0.2) is 0 Å². The number of ether oxygens (including phenoxy) is 2. The van der Waals surface area contributed by atoms with Crippen molar-refractivity contribution in [2.24, 2.45) is 5.92 Å². The molecule has 98 valence electrons. The maximum absolute atomic E-state index is 5.49. The smallest absolute Gasteiger partial charge is 0.231 e. The third-order valence-corrected chi connectivity index (χ3v) is 3.83. The third kappa shape index (κ3) is 2.19. The van der Waals surface area contributed by atoms with Crippen LogP contribution in [0.5, 0.6) is 11.5 Å². The Morgan fingerprint density at radius 2 is 2.06 bits per heavy atom. The molecule has 2 aliphatic heterocycles. The molecule has 3 heteroatoms. The van der Waals surface area contributed by atoms with E-state index in [0.29, 0.717) is 12.8 Å². The van der Waals surface area contributed by atoms with Crippen molar-refractivity contribution in [3.63, 3.8) is 0 Å². The summed E-state index contributed by atoms with van der Waals surface area (Å²) in [4.78, 5) is 0. The Morgan fingerprint density at radius 1 is 1.28 bits per heavy atom. The Bertz CT molecular complexity index is 442. The highest BCUT2D eigenvalue weighted by Gasteiger charge is 2.24. The van der Waals surface area contributed by atoms with Crippen LogP contribution in [-0.2, 0) is 6.42 Å². The summed E-state index contributed by atoms with van der Waals surface area (Å²) < 4.78 is 10.9. The largest absolute Gasteiger partial charge is 0.454 e. The molecule has 3 rings (SSSR count). The molecule has 0 aromatic heterocycles. The van der Waals surface area contributed by atoms with Crippen LogP contribution in [0.1, 0.15) is 43.9 Å². The molecule has 18 heavy (non-hydrogen) atoms. The van der Waals surface area contributed by atoms with E-state index >= 15 is 0 Å². The highest BCUT2D eigenvalue weighted by molar-refractivity contribution is 5.50. The molecule has 2 aliphatic rings. The number of fused-ring (bicyclic) bond motifs is 2. The first-order chi connectivity index (χ1) is 8.74. The van der Waals surface area contributed by atoms with Crippen LogP contribution in [0.25, 0.3) is 0 Å². The van der Waals surface area contributed by atoms with Crippen LogP contribution < -0.4 is 14.8 Å². The summed E-state index contributed by atoms with van der Waals surface area (Å²) in [7, 11) is 0. The van der Waals surface area contributed by atoms with E-state index in [-0.39, 0.29) is 0 Å². The van der Waals surface area contributed by atoms with E-state index in [0.717, 1.165) is 30.4 Å². The summed E-state index contributed by atoms with van der Waals surface area (Å²) in [5.41, 5.74) is 2.83. The molecule has 0 amide bonds. The fraction of sp³-hybridized carbons (Fsp3) is 0.600.